The number of nitrogens with zero attached hydrogens (tertiary/aromatic N) is 4. The van der Waals surface area contributed by atoms with Crippen LogP contribution in [0, 0.1) is 17.0 Å². The van der Waals surface area contributed by atoms with Crippen molar-refractivity contribution in [1.29, 1.82) is 0 Å². The van der Waals surface area contributed by atoms with Gasteiger partial charge in [-0.3, -0.25) is 10.2 Å². The van der Waals surface area contributed by atoms with Gasteiger partial charge in [0.15, 0.2) is 0 Å². The highest BCUT2D eigenvalue weighted by Gasteiger charge is 2.26. The predicted octanol–water partition coefficient (Wildman–Crippen LogP) is 5.14. The number of nitro groups is 1. The summed E-state index contributed by atoms with van der Waals surface area (Å²) >= 11 is 0. The lowest BCUT2D eigenvalue weighted by Crippen LogP contribution is -2.39. The normalized spacial score (nSPS) is 11.0. The Hall–Kier alpha value is -4.41. The van der Waals surface area contributed by atoms with Crippen LogP contribution >= 0.6 is 0 Å². The van der Waals surface area contributed by atoms with E-state index in [1.165, 1.54) is 21.9 Å². The number of hydrogen-bond acceptors (Lipinski definition) is 7. The summed E-state index contributed by atoms with van der Waals surface area (Å²) in [5.41, 5.74) is 1.86. The van der Waals surface area contributed by atoms with E-state index in [9.17, 15) is 19.7 Å². The number of aromatic nitrogens is 2. The van der Waals surface area contributed by atoms with E-state index in [4.69, 9.17) is 9.47 Å². The minimum absolute atomic E-state index is 0.0344. The van der Waals surface area contributed by atoms with E-state index in [0.717, 1.165) is 11.1 Å². The Morgan fingerprint density at radius 2 is 1.86 bits per heavy atom. The molecular formula is C25H29N5O6. The summed E-state index contributed by atoms with van der Waals surface area (Å²) in [5.74, 6) is -0.276. The summed E-state index contributed by atoms with van der Waals surface area (Å²) < 4.78 is 12.3. The van der Waals surface area contributed by atoms with Crippen molar-refractivity contribution in [3.05, 3.63) is 82.2 Å². The average molecular weight is 496 g/mol. The summed E-state index contributed by atoms with van der Waals surface area (Å²) in [6, 6.07) is 14.2. The molecule has 3 aromatic rings. The minimum Gasteiger partial charge on any atom is -0.447 e. The molecular weight excluding hydrogens is 466 g/mol. The lowest BCUT2D eigenvalue weighted by atomic mass is 10.1. The number of benzene rings is 2. The first-order chi connectivity index (χ1) is 17.0. The van der Waals surface area contributed by atoms with E-state index in [1.807, 2.05) is 19.1 Å². The molecule has 0 saturated carbocycles. The van der Waals surface area contributed by atoms with Crippen LogP contribution in [0.4, 0.5) is 26.9 Å². The first kappa shape index (κ1) is 26.2. The van der Waals surface area contributed by atoms with Crippen molar-refractivity contribution >= 4 is 29.5 Å². The van der Waals surface area contributed by atoms with Gasteiger partial charge in [0, 0.05) is 5.69 Å². The number of rotatable bonds is 8. The summed E-state index contributed by atoms with van der Waals surface area (Å²) in [4.78, 5) is 41.1. The molecule has 0 saturated heterocycles. The van der Waals surface area contributed by atoms with E-state index in [1.54, 1.807) is 57.2 Å². The summed E-state index contributed by atoms with van der Waals surface area (Å²) in [7, 11) is 0. The number of imidazole rings is 1. The van der Waals surface area contributed by atoms with Gasteiger partial charge in [0.2, 0.25) is 0 Å². The van der Waals surface area contributed by atoms with Gasteiger partial charge >= 0.3 is 18.1 Å². The van der Waals surface area contributed by atoms with Gasteiger partial charge in [-0.05, 0) is 61.9 Å². The van der Waals surface area contributed by atoms with Crippen molar-refractivity contribution < 1.29 is 24.0 Å². The fourth-order valence-electron chi connectivity index (χ4n) is 3.45. The van der Waals surface area contributed by atoms with Crippen LogP contribution in [-0.4, -0.2) is 45.4 Å². The number of ether oxygens (including phenoxy) is 2. The largest absolute Gasteiger partial charge is 0.447 e. The van der Waals surface area contributed by atoms with Crippen LogP contribution in [0.15, 0.2) is 60.9 Å². The number of hydrogen-bond donors (Lipinski definition) is 1. The molecule has 0 unspecified atom stereocenters. The van der Waals surface area contributed by atoms with E-state index < -0.39 is 22.7 Å². The third-order valence-corrected chi connectivity index (χ3v) is 5.09. The van der Waals surface area contributed by atoms with E-state index >= 15 is 0 Å². The molecule has 0 spiro atoms. The molecule has 1 aromatic heterocycles. The van der Waals surface area contributed by atoms with Gasteiger partial charge < -0.3 is 19.6 Å². The van der Waals surface area contributed by atoms with Crippen molar-refractivity contribution in [3.8, 4) is 0 Å². The topological polar surface area (TPSA) is 129 Å². The monoisotopic (exact) mass is 495 g/mol. The lowest BCUT2D eigenvalue weighted by Gasteiger charge is -2.29. The molecule has 0 fully saturated rings. The molecule has 11 nitrogen and oxygen atoms in total. The number of carbonyl (C=O) groups is 2. The number of anilines is 2. The van der Waals surface area contributed by atoms with E-state index in [0.29, 0.717) is 11.4 Å². The zero-order valence-corrected chi connectivity index (χ0v) is 20.6. The maximum atomic E-state index is 13.1. The molecule has 1 heterocycles. The van der Waals surface area contributed by atoms with Gasteiger partial charge in [-0.25, -0.2) is 14.2 Å². The van der Waals surface area contributed by atoms with E-state index in [-0.39, 0.29) is 25.6 Å². The molecule has 11 heteroatoms. The zero-order chi connectivity index (χ0) is 26.3. The quantitative estimate of drug-likeness (QED) is 0.338. The van der Waals surface area contributed by atoms with Gasteiger partial charge in [-0.2, -0.15) is 0 Å². The molecule has 2 aromatic carbocycles. The fraction of sp³-hybridized carbons (Fsp3) is 0.320. The van der Waals surface area contributed by atoms with Crippen LogP contribution in [0.25, 0.3) is 0 Å². The molecule has 0 bridgehead atoms. The summed E-state index contributed by atoms with van der Waals surface area (Å²) in [5, 5.41) is 13.9. The van der Waals surface area contributed by atoms with Gasteiger partial charge in [0.1, 0.15) is 24.6 Å². The number of nitrogens with one attached hydrogen (secondary N) is 1. The van der Waals surface area contributed by atoms with Gasteiger partial charge in [-0.1, -0.05) is 35.3 Å². The van der Waals surface area contributed by atoms with Crippen molar-refractivity contribution in [3.63, 3.8) is 0 Å². The number of para-hydroxylation sites is 1. The molecule has 2 amide bonds. The first-order valence-electron chi connectivity index (χ1n) is 11.3. The Morgan fingerprint density at radius 1 is 1.14 bits per heavy atom. The minimum atomic E-state index is -0.746. The predicted molar refractivity (Wildman–Crippen MR) is 134 cm³/mol. The van der Waals surface area contributed by atoms with Crippen molar-refractivity contribution in [1.82, 2.24) is 9.55 Å². The molecule has 1 N–H and O–H groups in total. The molecule has 36 heavy (non-hydrogen) atoms. The Balaban J connectivity index is 1.79. The third kappa shape index (κ3) is 7.05. The summed E-state index contributed by atoms with van der Waals surface area (Å²) in [6.07, 6.45) is 1.63. The van der Waals surface area contributed by atoms with Crippen LogP contribution < -0.4 is 10.2 Å². The second-order valence-corrected chi connectivity index (χ2v) is 8.93. The highest BCUT2D eigenvalue weighted by Crippen LogP contribution is 2.26. The van der Waals surface area contributed by atoms with Crippen LogP contribution in [-0.2, 0) is 16.0 Å². The van der Waals surface area contributed by atoms with Gasteiger partial charge in [0.25, 0.3) is 0 Å². The molecule has 3 rings (SSSR count). The molecule has 0 radical (unpaired) electrons. The number of amides is 2. The van der Waals surface area contributed by atoms with Crippen LogP contribution in [0.2, 0.25) is 0 Å². The fourth-order valence-corrected chi connectivity index (χ4v) is 3.45. The molecule has 0 aliphatic heterocycles. The van der Waals surface area contributed by atoms with Crippen molar-refractivity contribution in [2.45, 2.75) is 39.8 Å². The van der Waals surface area contributed by atoms with Crippen molar-refractivity contribution in [2.24, 2.45) is 0 Å². The Kier molecular flexibility index (Phi) is 8.26. The Labute approximate surface area is 208 Å². The van der Waals surface area contributed by atoms with Crippen LogP contribution in [0.3, 0.4) is 0 Å². The number of carbonyl (C=O) groups excluding carboxylic acids is 2. The molecule has 190 valence electrons. The zero-order valence-electron chi connectivity index (χ0n) is 20.6. The maximum absolute atomic E-state index is 13.1. The first-order valence-corrected chi connectivity index (χ1v) is 11.3. The Bertz CT molecular complexity index is 1220. The van der Waals surface area contributed by atoms with Crippen LogP contribution in [0.5, 0.6) is 0 Å². The highest BCUT2D eigenvalue weighted by molar-refractivity contribution is 5.89. The molecule has 0 atom stereocenters. The second kappa shape index (κ2) is 11.3. The maximum Gasteiger partial charge on any atom is 0.434 e. The lowest BCUT2D eigenvalue weighted by molar-refractivity contribution is -0.396. The average Bonchev–Trinajstić information content (AvgIpc) is 3.26. The Morgan fingerprint density at radius 3 is 2.53 bits per heavy atom. The second-order valence-electron chi connectivity index (χ2n) is 8.93. The summed E-state index contributed by atoms with van der Waals surface area (Å²) in [6.45, 7) is 7.22. The molecule has 0 aliphatic rings. The van der Waals surface area contributed by atoms with Crippen molar-refractivity contribution in [2.75, 3.05) is 23.4 Å². The van der Waals surface area contributed by atoms with E-state index in [2.05, 4.69) is 10.3 Å². The third-order valence-electron chi connectivity index (χ3n) is 5.09. The molecule has 0 aliphatic carbocycles. The van der Waals surface area contributed by atoms with Crippen LogP contribution in [0.1, 0.15) is 31.9 Å². The van der Waals surface area contributed by atoms with Gasteiger partial charge in [-0.15, -0.1) is 0 Å². The SMILES string of the molecule is Cc1c(Cn2ccnc2[N+](=O)[O-])cccc1N(CCOC(=O)Nc1ccccc1)C(=O)OC(C)(C)C. The smallest absolute Gasteiger partial charge is 0.434 e. The highest BCUT2D eigenvalue weighted by atomic mass is 16.6. The standard InChI is InChI=1S/C25H29N5O6/c1-18-19(17-28-14-13-26-22(28)30(33)34)9-8-12-21(18)29(24(32)36-25(2,3)4)15-16-35-23(31)27-20-10-6-5-7-11-20/h5-14H,15-17H2,1-4H3,(H,27,31). The van der Waals surface area contributed by atoms with Gasteiger partial charge in [0.05, 0.1) is 18.8 Å².